The van der Waals surface area contributed by atoms with Crippen molar-refractivity contribution in [2.75, 3.05) is 44.5 Å². The molecule has 174 valence electrons. The second-order valence-electron chi connectivity index (χ2n) is 8.15. The van der Waals surface area contributed by atoms with Crippen LogP contribution in [0.1, 0.15) is 24.8 Å². The number of allylic oxidation sites excluding steroid dienone is 1. The summed E-state index contributed by atoms with van der Waals surface area (Å²) in [5.41, 5.74) is 7.45. The molecule has 2 aliphatic heterocycles. The SMILES string of the molecule is CS(=O)(=O)N1CCC(Nc2nc3c(OCC4CCOC4)c(/C(C=N)=C/N)ccn3n2)CC1. The summed E-state index contributed by atoms with van der Waals surface area (Å²) in [5, 5.41) is 15.5. The van der Waals surface area contributed by atoms with E-state index in [0.717, 1.165) is 13.0 Å². The topological polar surface area (TPSA) is 148 Å². The van der Waals surface area contributed by atoms with Crippen LogP contribution in [-0.2, 0) is 14.8 Å². The minimum absolute atomic E-state index is 0.0750. The van der Waals surface area contributed by atoms with Crippen molar-refractivity contribution in [1.29, 1.82) is 5.41 Å². The Morgan fingerprint density at radius 3 is 2.81 bits per heavy atom. The molecule has 2 aliphatic rings. The average molecular weight is 464 g/mol. The van der Waals surface area contributed by atoms with Crippen LogP contribution in [0.2, 0.25) is 0 Å². The standard InChI is InChI=1S/C20H29N7O4S/c1-32(28,29)26-6-2-16(3-7-26)23-20-24-19-18(31-13-14-5-9-30-12-14)17(15(10-21)11-22)4-8-27(19)25-20/h4,8,10-11,14,16,21H,2-3,5-7,9,12-13,22H2,1H3,(H,23,25)/b15-11+,21-10?. The molecule has 2 aromatic heterocycles. The summed E-state index contributed by atoms with van der Waals surface area (Å²) < 4.78 is 38.2. The Bertz CT molecular complexity index is 1100. The summed E-state index contributed by atoms with van der Waals surface area (Å²) in [4.78, 5) is 4.64. The van der Waals surface area contributed by atoms with Crippen LogP contribution < -0.4 is 15.8 Å². The maximum atomic E-state index is 11.7. The fourth-order valence-corrected chi connectivity index (χ4v) is 4.87. The molecule has 0 bridgehead atoms. The van der Waals surface area contributed by atoms with E-state index >= 15 is 0 Å². The van der Waals surface area contributed by atoms with Crippen molar-refractivity contribution in [3.8, 4) is 5.75 Å². The Morgan fingerprint density at radius 2 is 2.19 bits per heavy atom. The Kier molecular flexibility index (Phi) is 6.63. The Balaban J connectivity index is 1.56. The summed E-state index contributed by atoms with van der Waals surface area (Å²) in [6.07, 6.45) is 7.83. The smallest absolute Gasteiger partial charge is 0.243 e. The molecule has 0 amide bonds. The van der Waals surface area contributed by atoms with Crippen molar-refractivity contribution in [2.45, 2.75) is 25.3 Å². The van der Waals surface area contributed by atoms with E-state index in [1.807, 2.05) is 0 Å². The molecular weight excluding hydrogens is 434 g/mol. The fourth-order valence-electron chi connectivity index (χ4n) is 4.00. The highest BCUT2D eigenvalue weighted by atomic mass is 32.2. The fraction of sp³-hybridized carbons (Fsp3) is 0.550. The van der Waals surface area contributed by atoms with E-state index in [1.54, 1.807) is 16.8 Å². The number of ether oxygens (including phenoxy) is 2. The maximum absolute atomic E-state index is 11.7. The lowest BCUT2D eigenvalue weighted by Gasteiger charge is -2.30. The molecule has 0 spiro atoms. The third-order valence-electron chi connectivity index (χ3n) is 5.85. The Hall–Kier alpha value is -2.70. The molecule has 0 radical (unpaired) electrons. The van der Waals surface area contributed by atoms with Gasteiger partial charge < -0.3 is 25.9 Å². The lowest BCUT2D eigenvalue weighted by molar-refractivity contribution is 0.167. The third-order valence-corrected chi connectivity index (χ3v) is 7.15. The lowest BCUT2D eigenvalue weighted by Crippen LogP contribution is -2.41. The molecule has 11 nitrogen and oxygen atoms in total. The predicted molar refractivity (Wildman–Crippen MR) is 121 cm³/mol. The normalized spacial score (nSPS) is 21.2. The van der Waals surface area contributed by atoms with Crippen molar-refractivity contribution in [3.05, 3.63) is 24.0 Å². The van der Waals surface area contributed by atoms with Crippen LogP contribution in [0.3, 0.4) is 0 Å². The number of nitrogens with two attached hydrogens (primary N) is 1. The number of hydrogen-bond acceptors (Lipinski definition) is 9. The first-order chi connectivity index (χ1) is 15.4. The van der Waals surface area contributed by atoms with Crippen LogP contribution in [-0.4, -0.2) is 78.7 Å². The number of aromatic nitrogens is 3. The van der Waals surface area contributed by atoms with Crippen molar-refractivity contribution in [1.82, 2.24) is 18.9 Å². The predicted octanol–water partition coefficient (Wildman–Crippen LogP) is 0.930. The van der Waals surface area contributed by atoms with Crippen molar-refractivity contribution in [2.24, 2.45) is 11.7 Å². The maximum Gasteiger partial charge on any atom is 0.243 e. The summed E-state index contributed by atoms with van der Waals surface area (Å²) in [6.45, 7) is 2.80. The molecule has 4 heterocycles. The Labute approximate surface area is 187 Å². The molecule has 2 saturated heterocycles. The van der Waals surface area contributed by atoms with Gasteiger partial charge in [-0.2, -0.15) is 4.98 Å². The Morgan fingerprint density at radius 1 is 1.41 bits per heavy atom. The number of pyridine rings is 1. The van der Waals surface area contributed by atoms with E-state index in [4.69, 9.17) is 20.6 Å². The number of fused-ring (bicyclic) bond motifs is 1. The zero-order chi connectivity index (χ0) is 22.7. The molecule has 12 heteroatoms. The van der Waals surface area contributed by atoms with Crippen molar-refractivity contribution < 1.29 is 17.9 Å². The molecule has 32 heavy (non-hydrogen) atoms. The molecule has 1 atom stereocenters. The zero-order valence-corrected chi connectivity index (χ0v) is 18.8. The summed E-state index contributed by atoms with van der Waals surface area (Å²) >= 11 is 0. The van der Waals surface area contributed by atoms with Crippen LogP contribution in [0.5, 0.6) is 5.75 Å². The first kappa shape index (κ1) is 22.5. The lowest BCUT2D eigenvalue weighted by atomic mass is 10.1. The zero-order valence-electron chi connectivity index (χ0n) is 18.0. The van der Waals surface area contributed by atoms with E-state index < -0.39 is 10.0 Å². The highest BCUT2D eigenvalue weighted by Crippen LogP contribution is 2.31. The summed E-state index contributed by atoms with van der Waals surface area (Å²) in [6, 6.07) is 1.88. The second kappa shape index (κ2) is 9.43. The van der Waals surface area contributed by atoms with Crippen LogP contribution in [0.15, 0.2) is 18.5 Å². The number of piperidine rings is 1. The molecule has 4 rings (SSSR count). The van der Waals surface area contributed by atoms with Crippen LogP contribution in [0.25, 0.3) is 11.2 Å². The number of sulfonamides is 1. The van der Waals surface area contributed by atoms with Gasteiger partial charge in [-0.25, -0.2) is 17.2 Å². The van der Waals surface area contributed by atoms with Gasteiger partial charge in [0.25, 0.3) is 0 Å². The third kappa shape index (κ3) is 4.87. The van der Waals surface area contributed by atoms with E-state index in [9.17, 15) is 8.42 Å². The van der Waals surface area contributed by atoms with Crippen LogP contribution in [0.4, 0.5) is 5.95 Å². The van der Waals surface area contributed by atoms with Gasteiger partial charge in [0.1, 0.15) is 0 Å². The highest BCUT2D eigenvalue weighted by molar-refractivity contribution is 7.88. The van der Waals surface area contributed by atoms with Crippen LogP contribution in [0, 0.1) is 11.3 Å². The second-order valence-corrected chi connectivity index (χ2v) is 10.1. The van der Waals surface area contributed by atoms with Gasteiger partial charge in [-0.15, -0.1) is 5.10 Å². The molecule has 0 aliphatic carbocycles. The summed E-state index contributed by atoms with van der Waals surface area (Å²) in [7, 11) is -3.17. The average Bonchev–Trinajstić information content (AvgIpc) is 3.43. The van der Waals surface area contributed by atoms with Crippen molar-refractivity contribution in [3.63, 3.8) is 0 Å². The van der Waals surface area contributed by atoms with Gasteiger partial charge in [0.05, 0.1) is 19.5 Å². The largest absolute Gasteiger partial charge is 0.489 e. The quantitative estimate of drug-likeness (QED) is 0.490. The number of rotatable bonds is 8. The van der Waals surface area contributed by atoms with Gasteiger partial charge in [-0.05, 0) is 25.3 Å². The first-order valence-corrected chi connectivity index (χ1v) is 12.5. The monoisotopic (exact) mass is 463 g/mol. The minimum Gasteiger partial charge on any atom is -0.489 e. The van der Waals surface area contributed by atoms with Gasteiger partial charge in [0.2, 0.25) is 16.0 Å². The molecule has 0 saturated carbocycles. The van der Waals surface area contributed by atoms with Gasteiger partial charge in [-0.1, -0.05) is 0 Å². The van der Waals surface area contributed by atoms with E-state index in [0.29, 0.717) is 73.5 Å². The van der Waals surface area contributed by atoms with Gasteiger partial charge in [-0.3, -0.25) is 0 Å². The summed E-state index contributed by atoms with van der Waals surface area (Å²) in [5.74, 6) is 1.27. The number of anilines is 1. The van der Waals surface area contributed by atoms with E-state index in [2.05, 4.69) is 15.4 Å². The number of nitrogens with zero attached hydrogens (tertiary/aromatic N) is 4. The van der Waals surface area contributed by atoms with Gasteiger partial charge in [0.15, 0.2) is 11.4 Å². The number of hydrogen-bond donors (Lipinski definition) is 3. The minimum atomic E-state index is -3.17. The van der Waals surface area contributed by atoms with E-state index in [1.165, 1.54) is 23.0 Å². The molecule has 2 aromatic rings. The van der Waals surface area contributed by atoms with Gasteiger partial charge in [0, 0.05) is 61.4 Å². The highest BCUT2D eigenvalue weighted by Gasteiger charge is 2.26. The van der Waals surface area contributed by atoms with Crippen molar-refractivity contribution >= 4 is 33.4 Å². The van der Waals surface area contributed by atoms with E-state index in [-0.39, 0.29) is 6.04 Å². The van der Waals surface area contributed by atoms with Gasteiger partial charge >= 0.3 is 0 Å². The number of nitrogens with one attached hydrogen (secondary N) is 2. The van der Waals surface area contributed by atoms with Crippen LogP contribution >= 0.6 is 0 Å². The molecule has 2 fully saturated rings. The molecular formula is C20H29N7O4S. The molecule has 4 N–H and O–H groups in total. The molecule has 0 aromatic carbocycles. The molecule has 1 unspecified atom stereocenters. The first-order valence-electron chi connectivity index (χ1n) is 10.6.